The molecule has 0 saturated heterocycles. The lowest BCUT2D eigenvalue weighted by molar-refractivity contribution is -0.217. The summed E-state index contributed by atoms with van der Waals surface area (Å²) in [6.07, 6.45) is 7.24. The van der Waals surface area contributed by atoms with E-state index in [9.17, 15) is 4.79 Å². The van der Waals surface area contributed by atoms with Gasteiger partial charge in [0.15, 0.2) is 5.76 Å². The minimum absolute atomic E-state index is 0.504. The van der Waals surface area contributed by atoms with Crippen LogP contribution in [0.25, 0.3) is 0 Å². The second-order valence-corrected chi connectivity index (χ2v) is 4.45. The predicted octanol–water partition coefficient (Wildman–Crippen LogP) is 1.81. The van der Waals surface area contributed by atoms with E-state index < -0.39 is 5.79 Å². The van der Waals surface area contributed by atoms with E-state index >= 15 is 0 Å². The Bertz CT molecular complexity index is 354. The van der Waals surface area contributed by atoms with Crippen molar-refractivity contribution in [2.24, 2.45) is 5.92 Å². The Balaban J connectivity index is 2.12. The molecule has 0 aliphatic heterocycles. The van der Waals surface area contributed by atoms with Gasteiger partial charge in [0.05, 0.1) is 13.7 Å². The van der Waals surface area contributed by atoms with Gasteiger partial charge in [-0.1, -0.05) is 6.08 Å². The van der Waals surface area contributed by atoms with E-state index in [0.29, 0.717) is 30.3 Å². The number of rotatable bonds is 6. The van der Waals surface area contributed by atoms with E-state index in [1.165, 1.54) is 12.8 Å². The van der Waals surface area contributed by atoms with Gasteiger partial charge in [0.1, 0.15) is 6.29 Å². The maximum Gasteiger partial charge on any atom is 0.231 e. The molecule has 17 heavy (non-hydrogen) atoms. The zero-order chi connectivity index (χ0) is 12.3. The van der Waals surface area contributed by atoms with Gasteiger partial charge in [-0.05, 0) is 24.8 Å². The summed E-state index contributed by atoms with van der Waals surface area (Å²) >= 11 is 0. The maximum atomic E-state index is 10.7. The van der Waals surface area contributed by atoms with Crippen molar-refractivity contribution in [3.8, 4) is 0 Å². The number of methoxy groups -OCH3 is 2. The van der Waals surface area contributed by atoms with E-state index in [4.69, 9.17) is 14.2 Å². The lowest BCUT2D eigenvalue weighted by Crippen LogP contribution is -2.39. The number of allylic oxidation sites excluding steroid dienone is 2. The third-order valence-corrected chi connectivity index (χ3v) is 3.21. The van der Waals surface area contributed by atoms with Gasteiger partial charge >= 0.3 is 0 Å². The molecule has 0 bridgehead atoms. The van der Waals surface area contributed by atoms with Crippen LogP contribution in [0, 0.1) is 5.92 Å². The summed E-state index contributed by atoms with van der Waals surface area (Å²) in [6, 6.07) is 0. The maximum absolute atomic E-state index is 10.7. The molecule has 0 heterocycles. The Hall–Kier alpha value is -1.13. The summed E-state index contributed by atoms with van der Waals surface area (Å²) in [6.45, 7) is 0.679. The lowest BCUT2D eigenvalue weighted by Gasteiger charge is -2.34. The molecule has 4 nitrogen and oxygen atoms in total. The van der Waals surface area contributed by atoms with Crippen molar-refractivity contribution in [3.05, 3.63) is 23.5 Å². The van der Waals surface area contributed by atoms with Crippen LogP contribution in [0.3, 0.4) is 0 Å². The molecule has 1 fully saturated rings. The van der Waals surface area contributed by atoms with E-state index in [1.54, 1.807) is 20.3 Å². The number of carbonyl (C=O) groups is 1. The van der Waals surface area contributed by atoms with Crippen molar-refractivity contribution in [1.29, 1.82) is 0 Å². The molecule has 0 N–H and O–H groups in total. The molecule has 2 aliphatic rings. The molecule has 0 aromatic carbocycles. The molecule has 1 saturated carbocycles. The fourth-order valence-corrected chi connectivity index (χ4v) is 1.88. The largest absolute Gasteiger partial charge is 0.495 e. The molecular formula is C13H18O4. The van der Waals surface area contributed by atoms with Crippen LogP contribution in [0.15, 0.2) is 23.5 Å². The SMILES string of the molecule is COC1=CC(C=O)=CCC1(OC)OCC1CC1. The second-order valence-electron chi connectivity index (χ2n) is 4.45. The van der Waals surface area contributed by atoms with Crippen LogP contribution in [0.4, 0.5) is 0 Å². The normalized spacial score (nSPS) is 28.4. The average molecular weight is 238 g/mol. The predicted molar refractivity (Wildman–Crippen MR) is 62.3 cm³/mol. The van der Waals surface area contributed by atoms with Crippen LogP contribution in [-0.4, -0.2) is 32.9 Å². The first-order valence-corrected chi connectivity index (χ1v) is 5.84. The van der Waals surface area contributed by atoms with Crippen molar-refractivity contribution in [1.82, 2.24) is 0 Å². The first-order valence-electron chi connectivity index (χ1n) is 5.84. The van der Waals surface area contributed by atoms with Crippen LogP contribution in [-0.2, 0) is 19.0 Å². The van der Waals surface area contributed by atoms with Gasteiger partial charge in [0.25, 0.3) is 0 Å². The van der Waals surface area contributed by atoms with Gasteiger partial charge in [-0.15, -0.1) is 0 Å². The average Bonchev–Trinajstić information content (AvgIpc) is 3.20. The Morgan fingerprint density at radius 3 is 2.76 bits per heavy atom. The molecular weight excluding hydrogens is 220 g/mol. The molecule has 0 spiro atoms. The summed E-state index contributed by atoms with van der Waals surface area (Å²) in [7, 11) is 3.16. The van der Waals surface area contributed by atoms with Gasteiger partial charge in [0, 0.05) is 19.1 Å². The van der Waals surface area contributed by atoms with Crippen molar-refractivity contribution >= 4 is 6.29 Å². The Kier molecular flexibility index (Phi) is 3.64. The number of hydrogen-bond acceptors (Lipinski definition) is 4. The monoisotopic (exact) mass is 238 g/mol. The minimum Gasteiger partial charge on any atom is -0.495 e. The third kappa shape index (κ3) is 2.58. The number of carbonyl (C=O) groups excluding carboxylic acids is 1. The van der Waals surface area contributed by atoms with Crippen molar-refractivity contribution in [2.75, 3.05) is 20.8 Å². The lowest BCUT2D eigenvalue weighted by atomic mass is 10.00. The summed E-state index contributed by atoms with van der Waals surface area (Å²) < 4.78 is 16.6. The van der Waals surface area contributed by atoms with E-state index in [1.807, 2.05) is 6.08 Å². The smallest absolute Gasteiger partial charge is 0.231 e. The Morgan fingerprint density at radius 1 is 1.47 bits per heavy atom. The molecule has 0 amide bonds. The highest BCUT2D eigenvalue weighted by Crippen LogP contribution is 2.36. The van der Waals surface area contributed by atoms with Crippen molar-refractivity contribution in [3.63, 3.8) is 0 Å². The molecule has 2 rings (SSSR count). The number of ether oxygens (including phenoxy) is 3. The summed E-state index contributed by atoms with van der Waals surface area (Å²) in [4.78, 5) is 10.7. The Morgan fingerprint density at radius 2 is 2.24 bits per heavy atom. The fourth-order valence-electron chi connectivity index (χ4n) is 1.88. The summed E-state index contributed by atoms with van der Waals surface area (Å²) in [5.74, 6) is 0.353. The van der Waals surface area contributed by atoms with Crippen LogP contribution < -0.4 is 0 Å². The van der Waals surface area contributed by atoms with Gasteiger partial charge in [-0.2, -0.15) is 0 Å². The van der Waals surface area contributed by atoms with Gasteiger partial charge in [0.2, 0.25) is 5.79 Å². The standard InChI is InChI=1S/C13H18O4/c1-15-12-7-11(8-14)5-6-13(12,16-2)17-9-10-3-4-10/h5,7-8,10H,3-4,6,9H2,1-2H3. The highest BCUT2D eigenvalue weighted by atomic mass is 16.7. The molecule has 0 aromatic heterocycles. The van der Waals surface area contributed by atoms with E-state index in [2.05, 4.69) is 0 Å². The quantitative estimate of drug-likeness (QED) is 0.523. The molecule has 0 radical (unpaired) electrons. The van der Waals surface area contributed by atoms with Crippen LogP contribution in [0.1, 0.15) is 19.3 Å². The zero-order valence-corrected chi connectivity index (χ0v) is 10.3. The van der Waals surface area contributed by atoms with Gasteiger partial charge in [-0.3, -0.25) is 4.79 Å². The number of aldehydes is 1. The van der Waals surface area contributed by atoms with Crippen molar-refractivity contribution < 1.29 is 19.0 Å². The van der Waals surface area contributed by atoms with Crippen LogP contribution in [0.2, 0.25) is 0 Å². The zero-order valence-electron chi connectivity index (χ0n) is 10.3. The summed E-state index contributed by atoms with van der Waals surface area (Å²) in [5, 5.41) is 0. The van der Waals surface area contributed by atoms with Gasteiger partial charge in [-0.25, -0.2) is 0 Å². The van der Waals surface area contributed by atoms with Crippen LogP contribution >= 0.6 is 0 Å². The minimum atomic E-state index is -0.857. The highest BCUT2D eigenvalue weighted by molar-refractivity contribution is 5.78. The topological polar surface area (TPSA) is 44.8 Å². The molecule has 2 aliphatic carbocycles. The summed E-state index contributed by atoms with van der Waals surface area (Å²) in [5.41, 5.74) is 0.601. The first kappa shape index (κ1) is 12.3. The van der Waals surface area contributed by atoms with Gasteiger partial charge < -0.3 is 14.2 Å². The fraction of sp³-hybridized carbons (Fsp3) is 0.615. The molecule has 94 valence electrons. The second kappa shape index (κ2) is 5.02. The molecule has 0 aromatic rings. The molecule has 1 unspecified atom stereocenters. The van der Waals surface area contributed by atoms with Crippen molar-refractivity contribution in [2.45, 2.75) is 25.0 Å². The van der Waals surface area contributed by atoms with E-state index in [0.717, 1.165) is 6.29 Å². The molecule has 4 heteroatoms. The first-order chi connectivity index (χ1) is 8.24. The Labute approximate surface area is 101 Å². The van der Waals surface area contributed by atoms with E-state index in [-0.39, 0.29) is 0 Å². The van der Waals surface area contributed by atoms with Crippen LogP contribution in [0.5, 0.6) is 0 Å². The third-order valence-electron chi connectivity index (χ3n) is 3.21. The number of hydrogen-bond donors (Lipinski definition) is 0. The molecule has 1 atom stereocenters. The highest BCUT2D eigenvalue weighted by Gasteiger charge is 2.40.